The van der Waals surface area contributed by atoms with Crippen molar-refractivity contribution in [3.63, 3.8) is 0 Å². The smallest absolute Gasteiger partial charge is 0.260 e. The minimum absolute atomic E-state index is 0.134. The molecule has 22 heavy (non-hydrogen) atoms. The van der Waals surface area contributed by atoms with Gasteiger partial charge >= 0.3 is 0 Å². The summed E-state index contributed by atoms with van der Waals surface area (Å²) in [6, 6.07) is 5.98. The van der Waals surface area contributed by atoms with E-state index in [2.05, 4.69) is 16.5 Å². The molecule has 1 N–H and O–H groups in total. The minimum atomic E-state index is -0.335. The Kier molecular flexibility index (Phi) is 6.61. The third-order valence-electron chi connectivity index (χ3n) is 3.47. The Morgan fingerprint density at radius 2 is 2.32 bits per heavy atom. The van der Waals surface area contributed by atoms with Crippen LogP contribution in [0.2, 0.25) is 0 Å². The molecule has 0 fully saturated rings. The van der Waals surface area contributed by atoms with Crippen molar-refractivity contribution in [2.45, 2.75) is 32.1 Å². The molecule has 1 aromatic rings. The second-order valence-electron chi connectivity index (χ2n) is 5.27. The number of benzene rings is 1. The molecule has 0 radical (unpaired) electrons. The first-order valence-electron chi connectivity index (χ1n) is 7.59. The summed E-state index contributed by atoms with van der Waals surface area (Å²) in [6.07, 6.45) is 9.37. The highest BCUT2D eigenvalue weighted by Gasteiger charge is 2.05. The van der Waals surface area contributed by atoms with Gasteiger partial charge in [0, 0.05) is 6.54 Å². The van der Waals surface area contributed by atoms with E-state index in [4.69, 9.17) is 4.84 Å². The van der Waals surface area contributed by atoms with Gasteiger partial charge < -0.3 is 10.2 Å². The Morgan fingerprint density at radius 1 is 1.41 bits per heavy atom. The fourth-order valence-electron chi connectivity index (χ4n) is 2.33. The first kappa shape index (κ1) is 16.2. The number of nitrogens with one attached hydrogen (secondary N) is 1. The minimum Gasteiger partial charge on any atom is -0.386 e. The fourth-order valence-corrected chi connectivity index (χ4v) is 2.33. The second kappa shape index (κ2) is 8.97. The third-order valence-corrected chi connectivity index (χ3v) is 3.47. The van der Waals surface area contributed by atoms with Gasteiger partial charge in [0.1, 0.15) is 5.82 Å². The summed E-state index contributed by atoms with van der Waals surface area (Å²) in [5.41, 5.74) is 2.02. The van der Waals surface area contributed by atoms with Crippen LogP contribution in [0.5, 0.6) is 0 Å². The van der Waals surface area contributed by atoms with Crippen LogP contribution in [0.3, 0.4) is 0 Å². The van der Waals surface area contributed by atoms with E-state index in [1.54, 1.807) is 12.1 Å². The number of amides is 1. The molecule has 5 heteroatoms. The number of hydrogen-bond donors (Lipinski definition) is 1. The lowest BCUT2D eigenvalue weighted by atomic mass is 9.97. The van der Waals surface area contributed by atoms with Gasteiger partial charge in [-0.2, -0.15) is 0 Å². The number of carbonyl (C=O) groups is 1. The zero-order valence-electron chi connectivity index (χ0n) is 12.6. The van der Waals surface area contributed by atoms with E-state index in [1.165, 1.54) is 36.8 Å². The number of rotatable bonds is 7. The molecule has 0 spiro atoms. The fraction of sp³-hybridized carbons (Fsp3) is 0.412. The maximum Gasteiger partial charge on any atom is 0.260 e. The van der Waals surface area contributed by atoms with Gasteiger partial charge in [-0.15, -0.1) is 0 Å². The molecule has 2 rings (SSSR count). The average Bonchev–Trinajstić information content (AvgIpc) is 2.53. The van der Waals surface area contributed by atoms with E-state index in [0.29, 0.717) is 12.1 Å². The topological polar surface area (TPSA) is 50.7 Å². The number of allylic oxidation sites excluding steroid dienone is 1. The molecule has 0 saturated carbocycles. The summed E-state index contributed by atoms with van der Waals surface area (Å²) >= 11 is 0. The average molecular weight is 304 g/mol. The SMILES string of the molecule is O=C(CO/N=C\c1cccc(F)c1)NCCC1=CCCCC1. The normalized spacial score (nSPS) is 14.7. The lowest BCUT2D eigenvalue weighted by molar-refractivity contribution is -0.125. The van der Waals surface area contributed by atoms with Gasteiger partial charge in [0.05, 0.1) is 6.21 Å². The molecule has 1 aliphatic rings. The van der Waals surface area contributed by atoms with Crippen LogP contribution < -0.4 is 5.32 Å². The van der Waals surface area contributed by atoms with Crippen molar-refractivity contribution in [2.75, 3.05) is 13.2 Å². The van der Waals surface area contributed by atoms with Gasteiger partial charge in [-0.25, -0.2) is 4.39 Å². The van der Waals surface area contributed by atoms with Crippen molar-refractivity contribution in [3.05, 3.63) is 47.3 Å². The summed E-state index contributed by atoms with van der Waals surface area (Å²) in [7, 11) is 0. The maximum atomic E-state index is 12.9. The number of nitrogens with zero attached hydrogens (tertiary/aromatic N) is 1. The molecule has 0 bridgehead atoms. The standard InChI is InChI=1S/C17H21FN2O2/c18-16-8-4-7-15(11-16)12-20-22-13-17(21)19-10-9-14-5-2-1-3-6-14/h4-5,7-8,11-12H,1-3,6,9-10,13H2,(H,19,21)/b20-12-. The van der Waals surface area contributed by atoms with Gasteiger partial charge in [-0.05, 0) is 49.8 Å². The van der Waals surface area contributed by atoms with Crippen LogP contribution in [0.15, 0.2) is 41.1 Å². The highest BCUT2D eigenvalue weighted by molar-refractivity contribution is 5.79. The second-order valence-corrected chi connectivity index (χ2v) is 5.27. The number of hydrogen-bond acceptors (Lipinski definition) is 3. The molecule has 1 aliphatic carbocycles. The van der Waals surface area contributed by atoms with Crippen LogP contribution >= 0.6 is 0 Å². The van der Waals surface area contributed by atoms with Crippen LogP contribution in [0.1, 0.15) is 37.7 Å². The lowest BCUT2D eigenvalue weighted by Crippen LogP contribution is -2.28. The van der Waals surface area contributed by atoms with Gasteiger partial charge in [0.2, 0.25) is 0 Å². The Bertz CT molecular complexity index is 555. The molecule has 0 aliphatic heterocycles. The maximum absolute atomic E-state index is 12.9. The van der Waals surface area contributed by atoms with E-state index < -0.39 is 0 Å². The van der Waals surface area contributed by atoms with Crippen molar-refractivity contribution in [2.24, 2.45) is 5.16 Å². The first-order valence-corrected chi connectivity index (χ1v) is 7.59. The number of halogens is 1. The summed E-state index contributed by atoms with van der Waals surface area (Å²) in [5, 5.41) is 6.46. The van der Waals surface area contributed by atoms with Gasteiger partial charge in [-0.1, -0.05) is 28.9 Å². The molecule has 4 nitrogen and oxygen atoms in total. The first-order chi connectivity index (χ1) is 10.7. The molecular weight excluding hydrogens is 283 g/mol. The largest absolute Gasteiger partial charge is 0.386 e. The van der Waals surface area contributed by atoms with Crippen molar-refractivity contribution < 1.29 is 14.0 Å². The molecular formula is C17H21FN2O2. The zero-order valence-corrected chi connectivity index (χ0v) is 12.6. The molecule has 0 saturated heterocycles. The lowest BCUT2D eigenvalue weighted by Gasteiger charge is -2.12. The number of carbonyl (C=O) groups excluding carboxylic acids is 1. The Balaban J connectivity index is 1.60. The molecule has 0 unspecified atom stereocenters. The van der Waals surface area contributed by atoms with E-state index in [-0.39, 0.29) is 18.3 Å². The molecule has 118 valence electrons. The van der Waals surface area contributed by atoms with Crippen LogP contribution in [-0.2, 0) is 9.63 Å². The van der Waals surface area contributed by atoms with Crippen LogP contribution in [0.4, 0.5) is 4.39 Å². The highest BCUT2D eigenvalue weighted by Crippen LogP contribution is 2.19. The summed E-state index contributed by atoms with van der Waals surface area (Å²) in [6.45, 7) is 0.493. The van der Waals surface area contributed by atoms with Crippen LogP contribution in [0, 0.1) is 5.82 Å². The van der Waals surface area contributed by atoms with E-state index >= 15 is 0 Å². The van der Waals surface area contributed by atoms with E-state index in [1.807, 2.05) is 0 Å². The quantitative estimate of drug-likeness (QED) is 0.478. The predicted molar refractivity (Wildman–Crippen MR) is 84.1 cm³/mol. The Morgan fingerprint density at radius 3 is 3.09 bits per heavy atom. The summed E-state index contributed by atoms with van der Waals surface area (Å²) < 4.78 is 12.9. The molecule has 0 heterocycles. The van der Waals surface area contributed by atoms with Crippen molar-refractivity contribution in [3.8, 4) is 0 Å². The molecule has 1 amide bonds. The van der Waals surface area contributed by atoms with Crippen molar-refractivity contribution in [1.29, 1.82) is 0 Å². The molecule has 0 aromatic heterocycles. The van der Waals surface area contributed by atoms with Crippen molar-refractivity contribution >= 4 is 12.1 Å². The van der Waals surface area contributed by atoms with Crippen LogP contribution in [-0.4, -0.2) is 25.3 Å². The molecule has 0 atom stereocenters. The Hall–Kier alpha value is -2.17. The highest BCUT2D eigenvalue weighted by atomic mass is 19.1. The van der Waals surface area contributed by atoms with Crippen molar-refractivity contribution in [1.82, 2.24) is 5.32 Å². The Labute approximate surface area is 130 Å². The zero-order chi connectivity index (χ0) is 15.6. The predicted octanol–water partition coefficient (Wildman–Crippen LogP) is 3.18. The van der Waals surface area contributed by atoms with E-state index in [9.17, 15) is 9.18 Å². The van der Waals surface area contributed by atoms with E-state index in [0.717, 1.165) is 19.3 Å². The van der Waals surface area contributed by atoms with Crippen LogP contribution in [0.25, 0.3) is 0 Å². The number of oxime groups is 1. The third kappa shape index (κ3) is 6.08. The summed E-state index contributed by atoms with van der Waals surface area (Å²) in [4.78, 5) is 16.5. The summed E-state index contributed by atoms with van der Waals surface area (Å²) in [5.74, 6) is -0.536. The monoisotopic (exact) mass is 304 g/mol. The van der Waals surface area contributed by atoms with Gasteiger partial charge in [-0.3, -0.25) is 4.79 Å². The van der Waals surface area contributed by atoms with Gasteiger partial charge in [0.25, 0.3) is 5.91 Å². The molecule has 1 aromatic carbocycles. The van der Waals surface area contributed by atoms with Gasteiger partial charge in [0.15, 0.2) is 6.61 Å².